The van der Waals surface area contributed by atoms with Gasteiger partial charge in [0, 0.05) is 13.1 Å². The van der Waals surface area contributed by atoms with Gasteiger partial charge in [0.05, 0.1) is 18.1 Å². The Morgan fingerprint density at radius 1 is 1.12 bits per heavy atom. The zero-order valence-corrected chi connectivity index (χ0v) is 13.1. The second-order valence-corrected chi connectivity index (χ2v) is 5.19. The Kier molecular flexibility index (Phi) is 5.69. The number of carbonyl (C=O) groups excluding carboxylic acids is 1. The fraction of sp³-hybridized carbons (Fsp3) is 0.267. The van der Waals surface area contributed by atoms with Crippen molar-refractivity contribution >= 4 is 17.4 Å². The van der Waals surface area contributed by atoms with Crippen LogP contribution in [-0.4, -0.2) is 48.0 Å². The zero-order chi connectivity index (χ0) is 17.7. The number of hydrogen-bond acceptors (Lipinski definition) is 5. The highest BCUT2D eigenvalue weighted by Gasteiger charge is 2.16. The minimum atomic E-state index is -1.65. The standard InChI is InChI=1S/C15H16F3N5O/c1-23(2)6-5-19-12-8-20-11(7-21-12)15(24)22-10-4-3-9(16)13(17)14(10)18/h3-4,7-8H,5-6H2,1-2H3,(H,19,21)(H,22,24). The van der Waals surface area contributed by atoms with E-state index in [0.717, 1.165) is 18.7 Å². The minimum Gasteiger partial charge on any atom is -0.368 e. The fourth-order valence-electron chi connectivity index (χ4n) is 1.75. The van der Waals surface area contributed by atoms with Crippen molar-refractivity contribution in [2.24, 2.45) is 0 Å². The lowest BCUT2D eigenvalue weighted by Crippen LogP contribution is -2.21. The Morgan fingerprint density at radius 3 is 2.50 bits per heavy atom. The van der Waals surface area contributed by atoms with E-state index in [2.05, 4.69) is 20.6 Å². The molecule has 0 fully saturated rings. The molecular weight excluding hydrogens is 323 g/mol. The summed E-state index contributed by atoms with van der Waals surface area (Å²) in [6, 6.07) is 1.65. The normalized spacial score (nSPS) is 10.8. The van der Waals surface area contributed by atoms with Crippen molar-refractivity contribution in [1.29, 1.82) is 0 Å². The first-order chi connectivity index (χ1) is 11.4. The molecule has 2 aromatic rings. The molecule has 0 spiro atoms. The van der Waals surface area contributed by atoms with Crippen LogP contribution in [0, 0.1) is 17.5 Å². The molecule has 0 radical (unpaired) electrons. The quantitative estimate of drug-likeness (QED) is 0.789. The summed E-state index contributed by atoms with van der Waals surface area (Å²) in [6.45, 7) is 1.44. The molecule has 128 valence electrons. The van der Waals surface area contributed by atoms with E-state index in [0.29, 0.717) is 12.4 Å². The highest BCUT2D eigenvalue weighted by Crippen LogP contribution is 2.20. The topological polar surface area (TPSA) is 70.2 Å². The molecular formula is C15H16F3N5O. The molecule has 0 saturated heterocycles. The highest BCUT2D eigenvalue weighted by molar-refractivity contribution is 6.02. The summed E-state index contributed by atoms with van der Waals surface area (Å²) >= 11 is 0. The summed E-state index contributed by atoms with van der Waals surface area (Å²) in [6.07, 6.45) is 2.55. The molecule has 1 aromatic heterocycles. The van der Waals surface area contributed by atoms with Gasteiger partial charge < -0.3 is 15.5 Å². The Morgan fingerprint density at radius 2 is 1.88 bits per heavy atom. The van der Waals surface area contributed by atoms with Crippen LogP contribution in [0.25, 0.3) is 0 Å². The second kappa shape index (κ2) is 7.73. The molecule has 1 aromatic carbocycles. The maximum Gasteiger partial charge on any atom is 0.275 e. The number of rotatable bonds is 6. The number of hydrogen-bond donors (Lipinski definition) is 2. The van der Waals surface area contributed by atoms with E-state index in [9.17, 15) is 18.0 Å². The van der Waals surface area contributed by atoms with Crippen molar-refractivity contribution in [3.63, 3.8) is 0 Å². The van der Waals surface area contributed by atoms with Crippen LogP contribution < -0.4 is 10.6 Å². The van der Waals surface area contributed by atoms with Gasteiger partial charge in [0.25, 0.3) is 5.91 Å². The third-order valence-corrected chi connectivity index (χ3v) is 3.03. The Labute approximate surface area is 136 Å². The first-order valence-corrected chi connectivity index (χ1v) is 7.04. The lowest BCUT2D eigenvalue weighted by atomic mass is 10.2. The van der Waals surface area contributed by atoms with Crippen LogP contribution >= 0.6 is 0 Å². The predicted molar refractivity (Wildman–Crippen MR) is 83.3 cm³/mol. The molecule has 0 atom stereocenters. The maximum absolute atomic E-state index is 13.5. The van der Waals surface area contributed by atoms with E-state index in [1.54, 1.807) is 0 Å². The second-order valence-electron chi connectivity index (χ2n) is 5.19. The molecule has 1 amide bonds. The average Bonchev–Trinajstić information content (AvgIpc) is 2.55. The lowest BCUT2D eigenvalue weighted by molar-refractivity contribution is 0.102. The van der Waals surface area contributed by atoms with E-state index < -0.39 is 29.0 Å². The Balaban J connectivity index is 2.01. The van der Waals surface area contributed by atoms with Crippen LogP contribution in [0.4, 0.5) is 24.7 Å². The number of amides is 1. The molecule has 9 heteroatoms. The summed E-state index contributed by atoms with van der Waals surface area (Å²) < 4.78 is 39.5. The van der Waals surface area contributed by atoms with Gasteiger partial charge in [-0.15, -0.1) is 0 Å². The molecule has 0 bridgehead atoms. The van der Waals surface area contributed by atoms with Gasteiger partial charge in [0.1, 0.15) is 11.5 Å². The van der Waals surface area contributed by atoms with Gasteiger partial charge in [-0.3, -0.25) is 4.79 Å². The highest BCUT2D eigenvalue weighted by atomic mass is 19.2. The van der Waals surface area contributed by atoms with Crippen molar-refractivity contribution in [3.8, 4) is 0 Å². The summed E-state index contributed by atoms with van der Waals surface area (Å²) in [5.74, 6) is -4.77. The SMILES string of the molecule is CN(C)CCNc1cnc(C(=O)Nc2ccc(F)c(F)c2F)cn1. The van der Waals surface area contributed by atoms with Crippen molar-refractivity contribution in [3.05, 3.63) is 47.7 Å². The molecule has 0 aliphatic rings. The van der Waals surface area contributed by atoms with Crippen LogP contribution in [0.5, 0.6) is 0 Å². The Hall–Kier alpha value is -2.68. The number of anilines is 2. The number of likely N-dealkylation sites (N-methyl/N-ethyl adjacent to an activating group) is 1. The zero-order valence-electron chi connectivity index (χ0n) is 13.1. The lowest BCUT2D eigenvalue weighted by Gasteiger charge is -2.11. The molecule has 6 nitrogen and oxygen atoms in total. The molecule has 2 rings (SSSR count). The number of nitrogens with one attached hydrogen (secondary N) is 2. The number of aromatic nitrogens is 2. The van der Waals surface area contributed by atoms with E-state index >= 15 is 0 Å². The number of carbonyl (C=O) groups is 1. The van der Waals surface area contributed by atoms with Crippen LogP contribution in [0.1, 0.15) is 10.5 Å². The Bertz CT molecular complexity index is 722. The van der Waals surface area contributed by atoms with Gasteiger partial charge in [-0.25, -0.2) is 23.1 Å². The number of nitrogens with zero attached hydrogens (tertiary/aromatic N) is 3. The van der Waals surface area contributed by atoms with Crippen LogP contribution in [0.15, 0.2) is 24.5 Å². The van der Waals surface area contributed by atoms with Gasteiger partial charge in [-0.1, -0.05) is 0 Å². The van der Waals surface area contributed by atoms with E-state index in [-0.39, 0.29) is 5.69 Å². The average molecular weight is 339 g/mol. The summed E-state index contributed by atoms with van der Waals surface area (Å²) in [5.41, 5.74) is -0.564. The third kappa shape index (κ3) is 4.42. The van der Waals surface area contributed by atoms with E-state index in [1.165, 1.54) is 12.4 Å². The minimum absolute atomic E-state index is 0.0858. The number of benzene rings is 1. The molecule has 0 unspecified atom stereocenters. The molecule has 0 saturated carbocycles. The van der Waals surface area contributed by atoms with Gasteiger partial charge in [0.2, 0.25) is 0 Å². The number of halogens is 3. The van der Waals surface area contributed by atoms with E-state index in [1.807, 2.05) is 19.0 Å². The van der Waals surface area contributed by atoms with Gasteiger partial charge in [-0.05, 0) is 26.2 Å². The van der Waals surface area contributed by atoms with Crippen LogP contribution in [-0.2, 0) is 0 Å². The maximum atomic E-state index is 13.5. The first kappa shape index (κ1) is 17.7. The molecule has 1 heterocycles. The van der Waals surface area contributed by atoms with Crippen molar-refractivity contribution in [2.45, 2.75) is 0 Å². The van der Waals surface area contributed by atoms with E-state index in [4.69, 9.17) is 0 Å². The molecule has 24 heavy (non-hydrogen) atoms. The smallest absolute Gasteiger partial charge is 0.275 e. The van der Waals surface area contributed by atoms with Crippen molar-refractivity contribution in [1.82, 2.24) is 14.9 Å². The van der Waals surface area contributed by atoms with Gasteiger partial charge >= 0.3 is 0 Å². The summed E-state index contributed by atoms with van der Waals surface area (Å²) in [5, 5.41) is 5.14. The third-order valence-electron chi connectivity index (χ3n) is 3.03. The van der Waals surface area contributed by atoms with Crippen molar-refractivity contribution in [2.75, 3.05) is 37.8 Å². The van der Waals surface area contributed by atoms with Gasteiger partial charge in [0.15, 0.2) is 17.5 Å². The monoisotopic (exact) mass is 339 g/mol. The van der Waals surface area contributed by atoms with Crippen molar-refractivity contribution < 1.29 is 18.0 Å². The molecule has 0 aliphatic heterocycles. The largest absolute Gasteiger partial charge is 0.368 e. The molecule has 2 N–H and O–H groups in total. The van der Waals surface area contributed by atoms with Gasteiger partial charge in [-0.2, -0.15) is 0 Å². The fourth-order valence-corrected chi connectivity index (χ4v) is 1.75. The summed E-state index contributed by atoms with van der Waals surface area (Å²) in [4.78, 5) is 21.9. The first-order valence-electron chi connectivity index (χ1n) is 7.04. The van der Waals surface area contributed by atoms with Crippen LogP contribution in [0.3, 0.4) is 0 Å². The predicted octanol–water partition coefficient (Wildman–Crippen LogP) is 2.12. The molecule has 0 aliphatic carbocycles. The van der Waals surface area contributed by atoms with Crippen LogP contribution in [0.2, 0.25) is 0 Å². The summed E-state index contributed by atoms with van der Waals surface area (Å²) in [7, 11) is 3.86.